The van der Waals surface area contributed by atoms with Gasteiger partial charge >= 0.3 is 0 Å². The number of aromatic nitrogens is 1. The first-order chi connectivity index (χ1) is 7.34. The van der Waals surface area contributed by atoms with Crippen LogP contribution in [0.25, 0.3) is 0 Å². The standard InChI is InChI=1S/C11H13N3O/c15-10-5-7-14(8-3-4-8)11-9(13-10)2-1-6-12-11/h1-2,6,8H,3-5,7H2,(H,13,15). The Morgan fingerprint density at radius 3 is 3.13 bits per heavy atom. The van der Waals surface area contributed by atoms with Gasteiger partial charge in [0.2, 0.25) is 5.91 Å². The van der Waals surface area contributed by atoms with Crippen LogP contribution in [0.3, 0.4) is 0 Å². The molecule has 78 valence electrons. The molecule has 1 fully saturated rings. The molecule has 1 amide bonds. The first-order valence-electron chi connectivity index (χ1n) is 5.36. The van der Waals surface area contributed by atoms with Crippen molar-refractivity contribution in [3.05, 3.63) is 18.3 Å². The summed E-state index contributed by atoms with van der Waals surface area (Å²) in [5.74, 6) is 1.03. The quantitative estimate of drug-likeness (QED) is 0.750. The Kier molecular flexibility index (Phi) is 1.87. The monoisotopic (exact) mass is 203 g/mol. The van der Waals surface area contributed by atoms with Gasteiger partial charge in [-0.15, -0.1) is 0 Å². The molecular weight excluding hydrogens is 190 g/mol. The minimum atomic E-state index is 0.0902. The zero-order chi connectivity index (χ0) is 10.3. The van der Waals surface area contributed by atoms with E-state index >= 15 is 0 Å². The van der Waals surface area contributed by atoms with E-state index in [0.717, 1.165) is 18.1 Å². The number of nitrogens with one attached hydrogen (secondary N) is 1. The van der Waals surface area contributed by atoms with Gasteiger partial charge < -0.3 is 10.2 Å². The van der Waals surface area contributed by atoms with Crippen LogP contribution >= 0.6 is 0 Å². The number of pyridine rings is 1. The van der Waals surface area contributed by atoms with E-state index in [4.69, 9.17) is 0 Å². The van der Waals surface area contributed by atoms with Gasteiger partial charge in [-0.3, -0.25) is 4.79 Å². The van der Waals surface area contributed by atoms with Crippen molar-refractivity contribution >= 4 is 17.4 Å². The van der Waals surface area contributed by atoms with Gasteiger partial charge in [0, 0.05) is 25.2 Å². The maximum atomic E-state index is 11.5. The average molecular weight is 203 g/mol. The summed E-state index contributed by atoms with van der Waals surface area (Å²) in [6, 6.07) is 4.38. The molecule has 0 atom stereocenters. The maximum absolute atomic E-state index is 11.5. The molecule has 0 saturated heterocycles. The zero-order valence-corrected chi connectivity index (χ0v) is 8.44. The minimum Gasteiger partial charge on any atom is -0.351 e. The van der Waals surface area contributed by atoms with E-state index in [1.165, 1.54) is 12.8 Å². The lowest BCUT2D eigenvalue weighted by atomic mass is 10.3. The Bertz CT molecular complexity index is 401. The van der Waals surface area contributed by atoms with Gasteiger partial charge in [-0.2, -0.15) is 0 Å². The number of hydrogen-bond acceptors (Lipinski definition) is 3. The first-order valence-corrected chi connectivity index (χ1v) is 5.36. The number of nitrogens with zero attached hydrogens (tertiary/aromatic N) is 2. The normalized spacial score (nSPS) is 20.5. The predicted molar refractivity (Wildman–Crippen MR) is 57.9 cm³/mol. The van der Waals surface area contributed by atoms with E-state index in [9.17, 15) is 4.79 Å². The summed E-state index contributed by atoms with van der Waals surface area (Å²) < 4.78 is 0. The van der Waals surface area contributed by atoms with E-state index in [1.807, 2.05) is 12.1 Å². The Morgan fingerprint density at radius 2 is 2.33 bits per heavy atom. The van der Waals surface area contributed by atoms with Gasteiger partial charge in [0.25, 0.3) is 0 Å². The van der Waals surface area contributed by atoms with Crippen molar-refractivity contribution in [3.8, 4) is 0 Å². The third-order valence-electron chi connectivity index (χ3n) is 2.90. The number of carbonyl (C=O) groups excluding carboxylic acids is 1. The number of carbonyl (C=O) groups is 1. The smallest absolute Gasteiger partial charge is 0.226 e. The van der Waals surface area contributed by atoms with Crippen molar-refractivity contribution in [1.82, 2.24) is 4.98 Å². The highest BCUT2D eigenvalue weighted by Gasteiger charge is 2.33. The van der Waals surface area contributed by atoms with E-state index in [1.54, 1.807) is 6.20 Å². The molecular formula is C11H13N3O. The minimum absolute atomic E-state index is 0.0902. The highest BCUT2D eigenvalue weighted by atomic mass is 16.1. The second-order valence-corrected chi connectivity index (χ2v) is 4.10. The van der Waals surface area contributed by atoms with E-state index in [0.29, 0.717) is 12.5 Å². The summed E-state index contributed by atoms with van der Waals surface area (Å²) in [7, 11) is 0. The molecule has 1 aromatic rings. The van der Waals surface area contributed by atoms with Crippen LogP contribution in [-0.2, 0) is 4.79 Å². The Balaban J connectivity index is 2.01. The fraction of sp³-hybridized carbons (Fsp3) is 0.455. The molecule has 4 heteroatoms. The molecule has 0 spiro atoms. The van der Waals surface area contributed by atoms with Crippen molar-refractivity contribution in [2.75, 3.05) is 16.8 Å². The van der Waals surface area contributed by atoms with Gasteiger partial charge in [0.15, 0.2) is 5.82 Å². The van der Waals surface area contributed by atoms with Gasteiger partial charge in [-0.05, 0) is 25.0 Å². The van der Waals surface area contributed by atoms with Crippen LogP contribution in [0, 0.1) is 0 Å². The maximum Gasteiger partial charge on any atom is 0.226 e. The highest BCUT2D eigenvalue weighted by molar-refractivity contribution is 5.95. The van der Waals surface area contributed by atoms with Crippen LogP contribution in [0.4, 0.5) is 11.5 Å². The number of fused-ring (bicyclic) bond motifs is 1. The van der Waals surface area contributed by atoms with Crippen LogP contribution in [0.15, 0.2) is 18.3 Å². The summed E-state index contributed by atoms with van der Waals surface area (Å²) in [5.41, 5.74) is 0.854. The molecule has 2 aliphatic rings. The SMILES string of the molecule is O=C1CCN(C2CC2)c2ncccc2N1. The lowest BCUT2D eigenvalue weighted by Gasteiger charge is -2.21. The van der Waals surface area contributed by atoms with Gasteiger partial charge in [-0.1, -0.05) is 0 Å². The summed E-state index contributed by atoms with van der Waals surface area (Å²) >= 11 is 0. The molecule has 1 saturated carbocycles. The van der Waals surface area contributed by atoms with Crippen LogP contribution in [0.1, 0.15) is 19.3 Å². The van der Waals surface area contributed by atoms with Crippen molar-refractivity contribution in [1.29, 1.82) is 0 Å². The number of amides is 1. The second-order valence-electron chi connectivity index (χ2n) is 4.10. The molecule has 0 bridgehead atoms. The first kappa shape index (κ1) is 8.71. The summed E-state index contributed by atoms with van der Waals surface area (Å²) in [5, 5.41) is 2.89. The third-order valence-corrected chi connectivity index (χ3v) is 2.90. The zero-order valence-electron chi connectivity index (χ0n) is 8.44. The number of hydrogen-bond donors (Lipinski definition) is 1. The van der Waals surface area contributed by atoms with Crippen molar-refractivity contribution in [3.63, 3.8) is 0 Å². The summed E-state index contributed by atoms with van der Waals surface area (Å²) in [4.78, 5) is 18.1. The lowest BCUT2D eigenvalue weighted by molar-refractivity contribution is -0.115. The molecule has 3 rings (SSSR count). The van der Waals surface area contributed by atoms with Crippen LogP contribution in [-0.4, -0.2) is 23.5 Å². The molecule has 1 aliphatic carbocycles. The predicted octanol–water partition coefficient (Wildman–Crippen LogP) is 1.39. The topological polar surface area (TPSA) is 45.2 Å². The van der Waals surface area contributed by atoms with E-state index in [-0.39, 0.29) is 5.91 Å². The van der Waals surface area contributed by atoms with E-state index < -0.39 is 0 Å². The highest BCUT2D eigenvalue weighted by Crippen LogP contribution is 2.35. The van der Waals surface area contributed by atoms with Gasteiger partial charge in [0.05, 0.1) is 5.69 Å². The number of rotatable bonds is 1. The van der Waals surface area contributed by atoms with Crippen LogP contribution < -0.4 is 10.2 Å². The fourth-order valence-electron chi connectivity index (χ4n) is 2.01. The Labute approximate surface area is 88.3 Å². The molecule has 2 heterocycles. The van der Waals surface area contributed by atoms with Crippen molar-refractivity contribution in [2.45, 2.75) is 25.3 Å². The largest absolute Gasteiger partial charge is 0.351 e. The molecule has 1 aliphatic heterocycles. The summed E-state index contributed by atoms with van der Waals surface area (Å²) in [6.45, 7) is 0.792. The lowest BCUT2D eigenvalue weighted by Crippen LogP contribution is -2.27. The molecule has 15 heavy (non-hydrogen) atoms. The molecule has 0 radical (unpaired) electrons. The second kappa shape index (κ2) is 3.22. The van der Waals surface area contributed by atoms with Crippen LogP contribution in [0.2, 0.25) is 0 Å². The Hall–Kier alpha value is -1.58. The summed E-state index contributed by atoms with van der Waals surface area (Å²) in [6.07, 6.45) is 4.80. The van der Waals surface area contributed by atoms with Gasteiger partial charge in [-0.25, -0.2) is 4.98 Å². The molecule has 1 aromatic heterocycles. The van der Waals surface area contributed by atoms with Crippen molar-refractivity contribution in [2.24, 2.45) is 0 Å². The molecule has 4 nitrogen and oxygen atoms in total. The van der Waals surface area contributed by atoms with E-state index in [2.05, 4.69) is 15.2 Å². The van der Waals surface area contributed by atoms with Crippen LogP contribution in [0.5, 0.6) is 0 Å². The number of anilines is 2. The fourth-order valence-corrected chi connectivity index (χ4v) is 2.01. The Morgan fingerprint density at radius 1 is 1.47 bits per heavy atom. The van der Waals surface area contributed by atoms with Gasteiger partial charge in [0.1, 0.15) is 0 Å². The molecule has 1 N–H and O–H groups in total. The molecule has 0 unspecified atom stereocenters. The third kappa shape index (κ3) is 1.56. The van der Waals surface area contributed by atoms with Crippen molar-refractivity contribution < 1.29 is 4.79 Å². The average Bonchev–Trinajstić information content (AvgIpc) is 3.03. The molecule has 0 aromatic carbocycles.